The summed E-state index contributed by atoms with van der Waals surface area (Å²) in [6.07, 6.45) is -18.9. The van der Waals surface area contributed by atoms with Crippen LogP contribution in [0.5, 0.6) is 0 Å². The molecular weight excluding hydrogens is 1770 g/mol. The lowest BCUT2D eigenvalue weighted by Crippen LogP contribution is -2.45. The van der Waals surface area contributed by atoms with E-state index in [2.05, 4.69) is 13.6 Å². The van der Waals surface area contributed by atoms with E-state index in [0.717, 1.165) is 70.2 Å². The van der Waals surface area contributed by atoms with Gasteiger partial charge in [0.15, 0.2) is 18.7 Å². The lowest BCUT2D eigenvalue weighted by atomic mass is 10.1. The highest BCUT2D eigenvalue weighted by molar-refractivity contribution is 7.80. The summed E-state index contributed by atoms with van der Waals surface area (Å²) in [5.74, 6) is -7.81. The lowest BCUT2D eigenvalue weighted by Gasteiger charge is -2.26. The predicted molar refractivity (Wildman–Crippen MR) is 375 cm³/mol. The number of nitrogens with zero attached hydrogens (tertiary/aromatic N) is 6. The maximum absolute atomic E-state index is 14.7. The number of halogens is 11. The highest BCUT2D eigenvalue weighted by Crippen LogP contribution is 2.78. The van der Waals surface area contributed by atoms with Crippen LogP contribution in [0.25, 0.3) is 0 Å². The minimum atomic E-state index is -5.59. The van der Waals surface area contributed by atoms with Crippen LogP contribution < -0.4 is 33.7 Å². The Labute approximate surface area is 646 Å². The van der Waals surface area contributed by atoms with Gasteiger partial charge in [0.05, 0.1) is 32.9 Å². The number of benzene rings is 3. The van der Waals surface area contributed by atoms with Crippen LogP contribution in [-0.4, -0.2) is 188 Å². The first-order valence-corrected chi connectivity index (χ1v) is 42.5. The molecule has 0 amide bonds. The van der Waals surface area contributed by atoms with Crippen molar-refractivity contribution < 1.29 is 152 Å². The summed E-state index contributed by atoms with van der Waals surface area (Å²) in [7, 11) is -33.1. The molecule has 3 aromatic carbocycles. The standard InChI is InChI=1S/C19H23Cl2FN2O11P2.2C18H20Cl2F2N2O11P2/c1-10-2-3-11(12(22)8-10)4-6-23-14(25)5-7-24(18(23)28)17-16(27)15(26)13(35-17)9-34-37(32,33)19(20,21)36(29,30)31;2*19-18(20,36(29,30)31)37(32,33)34-8-11-13(26)14(27)15(35-11)23-7-6-12(25)24(16(23)28)9-17(21,22)10-4-2-1-3-5-10/h2-3,5,7-8,13,15-17,26-27H,4,6,9H2,1H3,(H,32,33)(H2,29,30,31);2*1-7,11,13-15,26-27H,8-9H2,(H,32,33)(H2,29,30,31)/t13-,15+,16?,17-;2*11-,13+,14?,15-/m111/s1. The molecule has 9 rings (SSSR count). The quantitative estimate of drug-likeness (QED) is 0.0200. The number of rotatable bonds is 27. The third-order valence-electron chi connectivity index (χ3n) is 16.4. The number of aromatic nitrogens is 6. The highest BCUT2D eigenvalue weighted by atomic mass is 35.5. The molecule has 15 N–H and O–H groups in total. The van der Waals surface area contributed by atoms with E-state index in [0.29, 0.717) is 14.7 Å². The second kappa shape index (κ2) is 35.4. The summed E-state index contributed by atoms with van der Waals surface area (Å²) in [6, 6.07) is 19.7. The van der Waals surface area contributed by atoms with Gasteiger partial charge in [0.1, 0.15) is 60.8 Å². The van der Waals surface area contributed by atoms with Crippen molar-refractivity contribution in [3.63, 3.8) is 0 Å². The lowest BCUT2D eigenvalue weighted by molar-refractivity contribution is -0.0555. The zero-order valence-electron chi connectivity index (χ0n) is 55.4. The van der Waals surface area contributed by atoms with Gasteiger partial charge in [0, 0.05) is 54.5 Å². The smallest absolute Gasteiger partial charge is 0.376 e. The highest BCUT2D eigenvalue weighted by Gasteiger charge is 2.63. The predicted octanol–water partition coefficient (Wildman–Crippen LogP) is 2.57. The van der Waals surface area contributed by atoms with Gasteiger partial charge in [-0.1, -0.05) is 142 Å². The van der Waals surface area contributed by atoms with Crippen LogP contribution in [0.15, 0.2) is 144 Å². The molecule has 56 heteroatoms. The third-order valence-corrected chi connectivity index (χ3v) is 34.4. The second-order valence-corrected chi connectivity index (χ2v) is 43.5. The SMILES string of the molecule is Cc1ccc(CCn2c(=O)ccn([C@@H]3O[C@H](COP(=O)(O)C(Cl)(Cl)P(=O)(O)O)[C@H](O)C3O)c2=O)c(F)c1.O=c1ccn([C@@H]2O[C@H](COP(=O)(O)C(Cl)(Cl)P(=O)(O)O)[C@H](O)C2O)c(=O)n1CC(F)(F)c1ccccc1.O=c1ccn([C@@H]2O[C@H](COP(=O)(O)C(Cl)(Cl)P(=O)(O)O)[C@H](O)C2O)c(=O)n1CC(F)(F)c1ccccc1. The van der Waals surface area contributed by atoms with Gasteiger partial charge in [0.2, 0.25) is 0 Å². The average molecular weight is 1830 g/mol. The Bertz CT molecular complexity index is 4850. The van der Waals surface area contributed by atoms with E-state index in [1.54, 1.807) is 13.0 Å². The Balaban J connectivity index is 0.000000231. The fourth-order valence-electron chi connectivity index (χ4n) is 10.2. The molecule has 3 aromatic heterocycles. The molecule has 111 heavy (non-hydrogen) atoms. The number of aryl methyl sites for hydroxylation is 2. The Kier molecular flexibility index (Phi) is 29.9. The molecular formula is C55H63Cl6F5N6O33P6. The van der Waals surface area contributed by atoms with Gasteiger partial charge in [-0.3, -0.25) is 69.2 Å². The molecule has 15 atom stereocenters. The Morgan fingerprint density at radius 3 is 0.982 bits per heavy atom. The van der Waals surface area contributed by atoms with Crippen LogP contribution in [0.3, 0.4) is 0 Å². The zero-order chi connectivity index (χ0) is 83.9. The molecule has 3 saturated heterocycles. The molecule has 0 saturated carbocycles. The molecule has 3 fully saturated rings. The summed E-state index contributed by atoms with van der Waals surface area (Å²) in [4.78, 5) is 159. The first kappa shape index (κ1) is 93.8. The van der Waals surface area contributed by atoms with Crippen LogP contribution in [0.2, 0.25) is 0 Å². The molecule has 6 unspecified atom stereocenters. The summed E-state index contributed by atoms with van der Waals surface area (Å²) in [5, 5.41) is 61.9. The van der Waals surface area contributed by atoms with E-state index in [1.807, 2.05) is 0 Å². The number of alkyl halides is 10. The van der Waals surface area contributed by atoms with E-state index in [9.17, 15) is 123 Å². The normalized spacial score (nSPS) is 24.5. The van der Waals surface area contributed by atoms with Crippen LogP contribution in [0.4, 0.5) is 22.0 Å². The zero-order valence-corrected chi connectivity index (χ0v) is 65.3. The van der Waals surface area contributed by atoms with Crippen LogP contribution in [0, 0.1) is 12.7 Å². The topological polar surface area (TPSA) is 593 Å². The molecule has 0 aliphatic carbocycles. The number of hydrogen-bond acceptors (Lipinski definition) is 24. The Hall–Kier alpha value is -4.37. The van der Waals surface area contributed by atoms with Crippen molar-refractivity contribution in [1.29, 1.82) is 0 Å². The van der Waals surface area contributed by atoms with Crippen molar-refractivity contribution in [3.05, 3.63) is 206 Å². The van der Waals surface area contributed by atoms with Crippen molar-refractivity contribution in [1.82, 2.24) is 27.4 Å². The minimum absolute atomic E-state index is 0.0115. The summed E-state index contributed by atoms with van der Waals surface area (Å²) in [6.45, 7) is -4.49. The van der Waals surface area contributed by atoms with E-state index in [1.165, 1.54) is 48.5 Å². The number of hydrogen-bond donors (Lipinski definition) is 15. The monoisotopic (exact) mass is 1830 g/mol. The minimum Gasteiger partial charge on any atom is -0.387 e. The van der Waals surface area contributed by atoms with Gasteiger partial charge in [-0.25, -0.2) is 18.8 Å². The Morgan fingerprint density at radius 1 is 0.423 bits per heavy atom. The molecule has 0 radical (unpaired) electrons. The molecule has 3 aliphatic rings. The summed E-state index contributed by atoms with van der Waals surface area (Å²) in [5.41, 5.74) is -6.55. The van der Waals surface area contributed by atoms with Gasteiger partial charge in [-0.15, -0.1) is 0 Å². The van der Waals surface area contributed by atoms with E-state index in [-0.39, 0.29) is 27.7 Å². The third kappa shape index (κ3) is 20.6. The fraction of sp³-hybridized carbons (Fsp3) is 0.455. The van der Waals surface area contributed by atoms with Gasteiger partial charge in [0.25, 0.3) is 28.5 Å². The molecule has 3 aliphatic heterocycles. The number of ether oxygens (including phenoxy) is 3. The van der Waals surface area contributed by atoms with Gasteiger partial charge >= 0.3 is 74.1 Å². The van der Waals surface area contributed by atoms with Crippen molar-refractivity contribution >= 4 is 115 Å². The largest absolute Gasteiger partial charge is 0.387 e. The number of aliphatic hydroxyl groups excluding tert-OH is 6. The molecule has 39 nitrogen and oxygen atoms in total. The molecule has 618 valence electrons. The first-order valence-electron chi connectivity index (χ1n) is 30.6. The maximum atomic E-state index is 14.7. The van der Waals surface area contributed by atoms with Crippen LogP contribution in [-0.2, 0) is 93.1 Å². The molecule has 0 spiro atoms. The fourth-order valence-corrected chi connectivity index (χ4v) is 17.1. The van der Waals surface area contributed by atoms with Gasteiger partial charge in [-0.05, 0) is 30.5 Å². The van der Waals surface area contributed by atoms with Crippen LogP contribution in [0.1, 0.15) is 40.9 Å². The second-order valence-electron chi connectivity index (χ2n) is 24.1. The van der Waals surface area contributed by atoms with Crippen molar-refractivity contribution in [2.45, 2.75) is 130 Å². The van der Waals surface area contributed by atoms with Crippen molar-refractivity contribution in [3.8, 4) is 0 Å². The van der Waals surface area contributed by atoms with Crippen LogP contribution >= 0.6 is 115 Å². The van der Waals surface area contributed by atoms with E-state index < -0.39 is 226 Å². The average Bonchev–Trinajstić information content (AvgIpc) is 1.70. The summed E-state index contributed by atoms with van der Waals surface area (Å²) >= 11 is 31.9. The molecule has 6 aromatic rings. The Morgan fingerprint density at radius 2 is 0.703 bits per heavy atom. The maximum Gasteiger partial charge on any atom is 0.376 e. The van der Waals surface area contributed by atoms with Crippen molar-refractivity contribution in [2.75, 3.05) is 19.8 Å². The summed E-state index contributed by atoms with van der Waals surface area (Å²) < 4.78 is 165. The van der Waals surface area contributed by atoms with E-state index >= 15 is 0 Å². The van der Waals surface area contributed by atoms with E-state index in [4.69, 9.17) is 113 Å². The molecule has 0 bridgehead atoms. The molecule has 6 heterocycles. The number of aliphatic hydroxyl groups is 6. The van der Waals surface area contributed by atoms with Gasteiger partial charge in [-0.2, -0.15) is 17.6 Å². The van der Waals surface area contributed by atoms with Crippen molar-refractivity contribution in [2.24, 2.45) is 0 Å². The first-order chi connectivity index (χ1) is 50.8. The van der Waals surface area contributed by atoms with Gasteiger partial charge < -0.3 is 102 Å².